The number of hydrogen-bond donors (Lipinski definition) is 2. The molecule has 0 amide bonds. The van der Waals surface area contributed by atoms with E-state index < -0.39 is 31.8 Å². The van der Waals surface area contributed by atoms with Gasteiger partial charge in [0.1, 0.15) is 0 Å². The van der Waals surface area contributed by atoms with Crippen LogP contribution in [0.2, 0.25) is 0 Å². The number of rotatable bonds is 6. The van der Waals surface area contributed by atoms with Gasteiger partial charge in [-0.1, -0.05) is 6.07 Å². The number of anilines is 1. The molecular formula is C16H15F3N2O4S2. The maximum atomic E-state index is 12.6. The van der Waals surface area contributed by atoms with E-state index in [1.165, 1.54) is 18.2 Å². The highest BCUT2D eigenvalue weighted by Gasteiger charge is 2.31. The molecule has 3 rings (SSSR count). The predicted molar refractivity (Wildman–Crippen MR) is 92.0 cm³/mol. The Balaban J connectivity index is 1.82. The SMILES string of the molecule is O=S(=O)(Nc1cccc(S(=O)(=O)NC2CC2)c1)c1ccc(C(F)(F)F)cc1. The van der Waals surface area contributed by atoms with E-state index >= 15 is 0 Å². The minimum absolute atomic E-state index is 0.0198. The topological polar surface area (TPSA) is 92.3 Å². The number of sulfonamides is 2. The summed E-state index contributed by atoms with van der Waals surface area (Å²) in [6.07, 6.45) is -3.08. The highest BCUT2D eigenvalue weighted by atomic mass is 32.2. The number of halogens is 3. The first-order valence-electron chi connectivity index (χ1n) is 7.80. The maximum Gasteiger partial charge on any atom is 0.416 e. The van der Waals surface area contributed by atoms with Crippen LogP contribution in [-0.4, -0.2) is 22.9 Å². The van der Waals surface area contributed by atoms with Crippen LogP contribution in [0.4, 0.5) is 18.9 Å². The molecule has 11 heteroatoms. The van der Waals surface area contributed by atoms with Gasteiger partial charge in [-0.25, -0.2) is 21.6 Å². The predicted octanol–water partition coefficient (Wildman–Crippen LogP) is 2.95. The molecule has 0 heterocycles. The fraction of sp³-hybridized carbons (Fsp3) is 0.250. The van der Waals surface area contributed by atoms with Gasteiger partial charge >= 0.3 is 6.18 Å². The molecule has 2 N–H and O–H groups in total. The maximum absolute atomic E-state index is 12.6. The molecule has 0 atom stereocenters. The Morgan fingerprint density at radius 2 is 1.48 bits per heavy atom. The van der Waals surface area contributed by atoms with Crippen LogP contribution in [0, 0.1) is 0 Å². The van der Waals surface area contributed by atoms with Crippen molar-refractivity contribution in [1.82, 2.24) is 4.72 Å². The third-order valence-electron chi connectivity index (χ3n) is 3.79. The molecule has 2 aromatic rings. The first kappa shape index (κ1) is 19.6. The fourth-order valence-electron chi connectivity index (χ4n) is 2.25. The first-order chi connectivity index (χ1) is 12.5. The normalized spacial score (nSPS) is 15.5. The van der Waals surface area contributed by atoms with E-state index in [1.54, 1.807) is 0 Å². The Bertz CT molecular complexity index is 1050. The summed E-state index contributed by atoms with van der Waals surface area (Å²) in [4.78, 5) is -0.484. The lowest BCUT2D eigenvalue weighted by Gasteiger charge is -2.11. The quantitative estimate of drug-likeness (QED) is 0.752. The third kappa shape index (κ3) is 4.79. The summed E-state index contributed by atoms with van der Waals surface area (Å²) in [5, 5.41) is 0. The summed E-state index contributed by atoms with van der Waals surface area (Å²) in [5.41, 5.74) is -0.991. The van der Waals surface area contributed by atoms with Crippen molar-refractivity contribution in [3.63, 3.8) is 0 Å². The molecule has 27 heavy (non-hydrogen) atoms. The average molecular weight is 420 g/mol. The zero-order valence-electron chi connectivity index (χ0n) is 13.7. The number of hydrogen-bond acceptors (Lipinski definition) is 4. The lowest BCUT2D eigenvalue weighted by atomic mass is 10.2. The van der Waals surface area contributed by atoms with Crippen LogP contribution in [0.3, 0.4) is 0 Å². The summed E-state index contributed by atoms with van der Waals surface area (Å²) in [7, 11) is -7.95. The van der Waals surface area contributed by atoms with E-state index in [0.717, 1.165) is 31.0 Å². The first-order valence-corrected chi connectivity index (χ1v) is 10.8. The highest BCUT2D eigenvalue weighted by molar-refractivity contribution is 7.92. The molecule has 146 valence electrons. The average Bonchev–Trinajstić information content (AvgIpc) is 3.37. The largest absolute Gasteiger partial charge is 0.416 e. The lowest BCUT2D eigenvalue weighted by Crippen LogP contribution is -2.25. The number of alkyl halides is 3. The molecule has 0 radical (unpaired) electrons. The van der Waals surface area contributed by atoms with Crippen molar-refractivity contribution in [3.8, 4) is 0 Å². The lowest BCUT2D eigenvalue weighted by molar-refractivity contribution is -0.137. The Hall–Kier alpha value is -2.11. The molecule has 6 nitrogen and oxygen atoms in total. The molecule has 1 aliphatic carbocycles. The van der Waals surface area contributed by atoms with Gasteiger partial charge in [-0.2, -0.15) is 13.2 Å². The Kier molecular flexibility index (Phi) is 4.95. The molecule has 0 spiro atoms. The van der Waals surface area contributed by atoms with Crippen LogP contribution < -0.4 is 9.44 Å². The van der Waals surface area contributed by atoms with Crippen LogP contribution >= 0.6 is 0 Å². The van der Waals surface area contributed by atoms with Gasteiger partial charge in [-0.05, 0) is 55.3 Å². The smallest absolute Gasteiger partial charge is 0.280 e. The second-order valence-corrected chi connectivity index (χ2v) is 9.45. The van der Waals surface area contributed by atoms with Crippen LogP contribution in [0.1, 0.15) is 18.4 Å². The Labute approximate surface area is 154 Å². The molecule has 0 aliphatic heterocycles. The second-order valence-electron chi connectivity index (χ2n) is 6.05. The van der Waals surface area contributed by atoms with Crippen molar-refractivity contribution in [2.75, 3.05) is 4.72 Å². The zero-order valence-corrected chi connectivity index (χ0v) is 15.3. The van der Waals surface area contributed by atoms with Crippen molar-refractivity contribution in [2.24, 2.45) is 0 Å². The summed E-state index contributed by atoms with van der Waals surface area (Å²) < 4.78 is 91.5. The van der Waals surface area contributed by atoms with E-state index in [9.17, 15) is 30.0 Å². The molecule has 1 fully saturated rings. The van der Waals surface area contributed by atoms with Gasteiger partial charge in [0.2, 0.25) is 10.0 Å². The van der Waals surface area contributed by atoms with Gasteiger partial charge in [-0.15, -0.1) is 0 Å². The minimum Gasteiger partial charge on any atom is -0.280 e. The van der Waals surface area contributed by atoms with Crippen molar-refractivity contribution in [2.45, 2.75) is 34.9 Å². The molecule has 0 aromatic heterocycles. The van der Waals surface area contributed by atoms with Gasteiger partial charge in [0.15, 0.2) is 0 Å². The Morgan fingerprint density at radius 1 is 0.852 bits per heavy atom. The molecule has 1 aliphatic rings. The van der Waals surface area contributed by atoms with Crippen molar-refractivity contribution < 1.29 is 30.0 Å². The third-order valence-corrected chi connectivity index (χ3v) is 6.70. The summed E-state index contributed by atoms with van der Waals surface area (Å²) >= 11 is 0. The van der Waals surface area contributed by atoms with Gasteiger partial charge in [0.25, 0.3) is 10.0 Å². The van der Waals surface area contributed by atoms with Gasteiger partial charge in [-0.3, -0.25) is 4.72 Å². The van der Waals surface area contributed by atoms with Crippen LogP contribution in [0.25, 0.3) is 0 Å². The fourth-order valence-corrected chi connectivity index (χ4v) is 4.65. The number of benzene rings is 2. The molecule has 2 aromatic carbocycles. The standard InChI is InChI=1S/C16H15F3N2O4S2/c17-16(18,19)11-4-8-14(9-5-11)26(22,23)21-13-2-1-3-15(10-13)27(24,25)20-12-6-7-12/h1-5,8-10,12,20-21H,6-7H2. The highest BCUT2D eigenvalue weighted by Crippen LogP contribution is 2.30. The van der Waals surface area contributed by atoms with Crippen molar-refractivity contribution in [1.29, 1.82) is 0 Å². The minimum atomic E-state index is -4.58. The molecule has 1 saturated carbocycles. The van der Waals surface area contributed by atoms with E-state index in [0.29, 0.717) is 12.1 Å². The van der Waals surface area contributed by atoms with E-state index in [4.69, 9.17) is 0 Å². The summed E-state index contributed by atoms with van der Waals surface area (Å²) in [6.45, 7) is 0. The van der Waals surface area contributed by atoms with Crippen LogP contribution in [-0.2, 0) is 26.2 Å². The Morgan fingerprint density at radius 3 is 2.04 bits per heavy atom. The molecule has 0 bridgehead atoms. The van der Waals surface area contributed by atoms with Gasteiger partial charge in [0, 0.05) is 6.04 Å². The van der Waals surface area contributed by atoms with Gasteiger partial charge < -0.3 is 0 Å². The molecular weight excluding hydrogens is 405 g/mol. The van der Waals surface area contributed by atoms with Crippen molar-refractivity contribution >= 4 is 25.7 Å². The summed E-state index contributed by atoms with van der Waals surface area (Å²) in [6, 6.07) is 8.06. The van der Waals surface area contributed by atoms with Crippen molar-refractivity contribution in [3.05, 3.63) is 54.1 Å². The van der Waals surface area contributed by atoms with Crippen LogP contribution in [0.5, 0.6) is 0 Å². The van der Waals surface area contributed by atoms with Gasteiger partial charge in [0.05, 0.1) is 21.0 Å². The molecule has 0 unspecified atom stereocenters. The van der Waals surface area contributed by atoms with E-state index in [1.807, 2.05) is 0 Å². The monoisotopic (exact) mass is 420 g/mol. The molecule has 0 saturated heterocycles. The van der Waals surface area contributed by atoms with E-state index in [-0.39, 0.29) is 21.5 Å². The summed E-state index contributed by atoms with van der Waals surface area (Å²) in [5.74, 6) is 0. The van der Waals surface area contributed by atoms with Crippen LogP contribution in [0.15, 0.2) is 58.3 Å². The zero-order chi connectivity index (χ0) is 19.9. The number of nitrogens with one attached hydrogen (secondary N) is 2. The second kappa shape index (κ2) is 6.80. The van der Waals surface area contributed by atoms with E-state index in [2.05, 4.69) is 9.44 Å².